The van der Waals surface area contributed by atoms with Crippen molar-refractivity contribution in [2.75, 3.05) is 13.6 Å². The summed E-state index contributed by atoms with van der Waals surface area (Å²) >= 11 is 0. The molecule has 0 spiro atoms. The van der Waals surface area contributed by atoms with E-state index in [-0.39, 0.29) is 5.92 Å². The minimum absolute atomic E-state index is 0.269. The van der Waals surface area contributed by atoms with Gasteiger partial charge in [-0.3, -0.25) is 0 Å². The summed E-state index contributed by atoms with van der Waals surface area (Å²) in [5.41, 5.74) is 0. The second-order valence-corrected chi connectivity index (χ2v) is 5.97. The minimum Gasteiger partial charge on any atom is -0.211 e. The van der Waals surface area contributed by atoms with Gasteiger partial charge in [-0.1, -0.05) is 20.8 Å². The third kappa shape index (κ3) is 3.28. The molecule has 1 atom stereocenters. The zero-order chi connectivity index (χ0) is 11.4. The van der Waals surface area contributed by atoms with Crippen molar-refractivity contribution in [3.63, 3.8) is 0 Å². The van der Waals surface area contributed by atoms with Crippen LogP contribution in [0.5, 0.6) is 0 Å². The fourth-order valence-electron chi connectivity index (χ4n) is 1.20. The van der Waals surface area contributed by atoms with Crippen LogP contribution >= 0.6 is 0 Å². The van der Waals surface area contributed by atoms with E-state index >= 15 is 0 Å². The molecule has 14 heavy (non-hydrogen) atoms. The quantitative estimate of drug-likeness (QED) is 0.696. The zero-order valence-electron chi connectivity index (χ0n) is 9.19. The zero-order valence-corrected chi connectivity index (χ0v) is 10.0. The Morgan fingerprint density at radius 2 is 1.93 bits per heavy atom. The van der Waals surface area contributed by atoms with Gasteiger partial charge in [-0.15, -0.1) is 0 Å². The third-order valence-corrected chi connectivity index (χ3v) is 4.11. The number of nitriles is 1. The van der Waals surface area contributed by atoms with E-state index in [9.17, 15) is 8.42 Å². The number of nitrogens with zero attached hydrogens (tertiary/aromatic N) is 2. The van der Waals surface area contributed by atoms with E-state index in [0.29, 0.717) is 13.0 Å². The van der Waals surface area contributed by atoms with Crippen molar-refractivity contribution in [1.82, 2.24) is 4.31 Å². The van der Waals surface area contributed by atoms with Gasteiger partial charge in [0.1, 0.15) is 0 Å². The summed E-state index contributed by atoms with van der Waals surface area (Å²) in [5.74, 6) is 0.269. The van der Waals surface area contributed by atoms with Gasteiger partial charge in [0.2, 0.25) is 10.0 Å². The summed E-state index contributed by atoms with van der Waals surface area (Å²) in [6.07, 6.45) is 0.335. The highest BCUT2D eigenvalue weighted by molar-refractivity contribution is 7.89. The molecule has 0 radical (unpaired) electrons. The highest BCUT2D eigenvalue weighted by Crippen LogP contribution is 2.11. The van der Waals surface area contributed by atoms with Crippen molar-refractivity contribution in [1.29, 1.82) is 5.26 Å². The van der Waals surface area contributed by atoms with Crippen molar-refractivity contribution in [2.24, 2.45) is 5.92 Å². The highest BCUT2D eigenvalue weighted by Gasteiger charge is 2.28. The lowest BCUT2D eigenvalue weighted by molar-refractivity contribution is 0.413. The predicted octanol–water partition coefficient (Wildman–Crippen LogP) is 1.21. The molecule has 0 saturated heterocycles. The number of rotatable bonds is 5. The average molecular weight is 218 g/mol. The van der Waals surface area contributed by atoms with Crippen LogP contribution in [0.25, 0.3) is 0 Å². The van der Waals surface area contributed by atoms with E-state index in [4.69, 9.17) is 5.26 Å². The fourth-order valence-corrected chi connectivity index (χ4v) is 2.70. The Labute approximate surface area is 86.6 Å². The molecule has 0 amide bonds. The molecule has 1 unspecified atom stereocenters. The topological polar surface area (TPSA) is 61.2 Å². The van der Waals surface area contributed by atoms with Gasteiger partial charge < -0.3 is 0 Å². The first-order valence-electron chi connectivity index (χ1n) is 4.71. The van der Waals surface area contributed by atoms with Gasteiger partial charge in [0.05, 0.1) is 6.07 Å². The van der Waals surface area contributed by atoms with E-state index in [1.807, 2.05) is 19.9 Å². The van der Waals surface area contributed by atoms with Crippen LogP contribution in [-0.2, 0) is 10.0 Å². The Morgan fingerprint density at radius 3 is 2.21 bits per heavy atom. The summed E-state index contributed by atoms with van der Waals surface area (Å²) in [6, 6.07) is 1.82. The number of hydrogen-bond acceptors (Lipinski definition) is 3. The van der Waals surface area contributed by atoms with Crippen LogP contribution in [0.3, 0.4) is 0 Å². The van der Waals surface area contributed by atoms with Crippen molar-refractivity contribution in [3.05, 3.63) is 0 Å². The summed E-state index contributed by atoms with van der Waals surface area (Å²) in [7, 11) is -1.90. The molecule has 4 nitrogen and oxygen atoms in total. The maximum absolute atomic E-state index is 11.7. The Hall–Kier alpha value is -0.600. The van der Waals surface area contributed by atoms with Crippen LogP contribution in [0.1, 0.15) is 27.2 Å². The van der Waals surface area contributed by atoms with Crippen molar-refractivity contribution in [2.45, 2.75) is 32.4 Å². The molecular formula is C9H18N2O2S. The second-order valence-electron chi connectivity index (χ2n) is 3.75. The predicted molar refractivity (Wildman–Crippen MR) is 56.1 cm³/mol. The molecule has 0 aliphatic rings. The van der Waals surface area contributed by atoms with Gasteiger partial charge in [0.15, 0.2) is 5.25 Å². The van der Waals surface area contributed by atoms with Crippen LogP contribution in [0.15, 0.2) is 0 Å². The van der Waals surface area contributed by atoms with Crippen LogP contribution < -0.4 is 0 Å². The van der Waals surface area contributed by atoms with Gasteiger partial charge in [-0.25, -0.2) is 12.7 Å². The first kappa shape index (κ1) is 13.4. The minimum atomic E-state index is -3.42. The average Bonchev–Trinajstić information content (AvgIpc) is 2.04. The van der Waals surface area contributed by atoms with Crippen LogP contribution in [0.2, 0.25) is 0 Å². The third-order valence-electron chi connectivity index (χ3n) is 1.93. The molecule has 0 bridgehead atoms. The Kier molecular flexibility index (Phi) is 5.09. The SMILES string of the molecule is CCC(C#N)S(=O)(=O)N(C)CC(C)C. The molecule has 0 aliphatic carbocycles. The van der Waals surface area contributed by atoms with Gasteiger partial charge in [0.25, 0.3) is 0 Å². The molecule has 82 valence electrons. The van der Waals surface area contributed by atoms with Gasteiger partial charge in [0, 0.05) is 13.6 Å². The monoisotopic (exact) mass is 218 g/mol. The van der Waals surface area contributed by atoms with Crippen LogP contribution in [0, 0.1) is 17.2 Å². The van der Waals surface area contributed by atoms with Gasteiger partial charge in [-0.2, -0.15) is 5.26 Å². The molecule has 0 aromatic heterocycles. The van der Waals surface area contributed by atoms with E-state index in [1.54, 1.807) is 6.92 Å². The lowest BCUT2D eigenvalue weighted by Gasteiger charge is -2.21. The molecule has 0 aromatic rings. The standard InChI is InChI=1S/C9H18N2O2S/c1-5-9(6-10)14(12,13)11(4)7-8(2)3/h8-9H,5,7H2,1-4H3. The molecule has 0 aliphatic heterocycles. The normalized spacial score (nSPS) is 14.4. The van der Waals surface area contributed by atoms with Crippen molar-refractivity contribution >= 4 is 10.0 Å². The Balaban J connectivity index is 4.70. The molecule has 0 aromatic carbocycles. The molecule has 0 heterocycles. The Bertz CT molecular complexity index is 303. The number of hydrogen-bond donors (Lipinski definition) is 0. The smallest absolute Gasteiger partial charge is 0.211 e. The summed E-state index contributed by atoms with van der Waals surface area (Å²) in [6.45, 7) is 6.05. The van der Waals surface area contributed by atoms with Crippen molar-refractivity contribution in [3.8, 4) is 6.07 Å². The first-order valence-corrected chi connectivity index (χ1v) is 6.21. The molecular weight excluding hydrogens is 200 g/mol. The first-order chi connectivity index (χ1) is 6.36. The van der Waals surface area contributed by atoms with E-state index in [0.717, 1.165) is 0 Å². The molecule has 0 fully saturated rings. The van der Waals surface area contributed by atoms with Crippen LogP contribution in [0.4, 0.5) is 0 Å². The second kappa shape index (κ2) is 5.32. The molecule has 0 saturated carbocycles. The van der Waals surface area contributed by atoms with E-state index in [2.05, 4.69) is 0 Å². The molecule has 5 heteroatoms. The van der Waals surface area contributed by atoms with Gasteiger partial charge in [-0.05, 0) is 12.3 Å². The lowest BCUT2D eigenvalue weighted by atomic mass is 10.2. The van der Waals surface area contributed by atoms with Gasteiger partial charge >= 0.3 is 0 Å². The maximum Gasteiger partial charge on any atom is 0.230 e. The van der Waals surface area contributed by atoms with Crippen molar-refractivity contribution < 1.29 is 8.42 Å². The summed E-state index contributed by atoms with van der Waals surface area (Å²) in [5, 5.41) is 7.78. The van der Waals surface area contributed by atoms with E-state index < -0.39 is 15.3 Å². The largest absolute Gasteiger partial charge is 0.230 e. The maximum atomic E-state index is 11.7. The Morgan fingerprint density at radius 1 is 1.43 bits per heavy atom. The number of sulfonamides is 1. The summed E-state index contributed by atoms with van der Waals surface area (Å²) in [4.78, 5) is 0. The lowest BCUT2D eigenvalue weighted by Crippen LogP contribution is -2.37. The fraction of sp³-hybridized carbons (Fsp3) is 0.889. The molecule has 0 N–H and O–H groups in total. The highest BCUT2D eigenvalue weighted by atomic mass is 32.2. The summed E-state index contributed by atoms with van der Waals surface area (Å²) < 4.78 is 24.7. The van der Waals surface area contributed by atoms with Crippen LogP contribution in [-0.4, -0.2) is 31.6 Å². The van der Waals surface area contributed by atoms with E-state index in [1.165, 1.54) is 11.4 Å². The molecule has 0 rings (SSSR count).